The highest BCUT2D eigenvalue weighted by Crippen LogP contribution is 2.42. The molecule has 0 saturated heterocycles. The van der Waals surface area contributed by atoms with Crippen molar-refractivity contribution in [2.24, 2.45) is 5.73 Å². The van der Waals surface area contributed by atoms with Crippen LogP contribution in [0.15, 0.2) is 18.5 Å². The second kappa shape index (κ2) is 6.67. The summed E-state index contributed by atoms with van der Waals surface area (Å²) in [6.07, 6.45) is 7.56. The number of nitrogens with one attached hydrogen (secondary N) is 1. The number of aromatic carboxylic acids is 1. The number of nitrogens with zero attached hydrogens (tertiary/aromatic N) is 2. The smallest absolute Gasteiger partial charge is 0.337 e. The monoisotopic (exact) mass is 410 g/mol. The van der Waals surface area contributed by atoms with E-state index in [4.69, 9.17) is 10.5 Å². The van der Waals surface area contributed by atoms with Crippen LogP contribution in [-0.4, -0.2) is 38.2 Å². The van der Waals surface area contributed by atoms with E-state index in [1.807, 2.05) is 19.2 Å². The maximum Gasteiger partial charge on any atom is 0.337 e. The van der Waals surface area contributed by atoms with Gasteiger partial charge >= 0.3 is 5.97 Å². The first kappa shape index (κ1) is 18.3. The number of H-pyrrole nitrogens is 1. The van der Waals surface area contributed by atoms with Gasteiger partial charge < -0.3 is 20.6 Å². The highest BCUT2D eigenvalue weighted by atomic mass is 32.1. The summed E-state index contributed by atoms with van der Waals surface area (Å²) in [5, 5.41) is 10.5. The molecule has 0 aliphatic heterocycles. The zero-order valence-electron chi connectivity index (χ0n) is 16.1. The highest BCUT2D eigenvalue weighted by Gasteiger charge is 2.40. The molecule has 150 valence electrons. The predicted molar refractivity (Wildman–Crippen MR) is 111 cm³/mol. The first-order valence-electron chi connectivity index (χ1n) is 9.81. The lowest BCUT2D eigenvalue weighted by molar-refractivity contribution is 0.0694. The molecule has 0 amide bonds. The number of hydrogen-bond donors (Lipinski definition) is 3. The van der Waals surface area contributed by atoms with Gasteiger partial charge in [-0.05, 0) is 49.8 Å². The summed E-state index contributed by atoms with van der Waals surface area (Å²) >= 11 is 1.46. The SMILES string of the molecule is CCOc1ncc(-c2cc3c(cn2)CCc2c-3[nH]c(CC3(N)CC3)c2C(=O)O)s1. The van der Waals surface area contributed by atoms with Gasteiger partial charge in [-0.2, -0.15) is 0 Å². The van der Waals surface area contributed by atoms with Gasteiger partial charge in [-0.15, -0.1) is 0 Å². The lowest BCUT2D eigenvalue weighted by Crippen LogP contribution is -2.25. The number of nitrogens with two attached hydrogens (primary N) is 1. The molecule has 5 rings (SSSR count). The molecular formula is C21H22N4O3S. The van der Waals surface area contributed by atoms with Crippen LogP contribution in [0.25, 0.3) is 21.8 Å². The van der Waals surface area contributed by atoms with Crippen molar-refractivity contribution in [3.63, 3.8) is 0 Å². The van der Waals surface area contributed by atoms with Crippen LogP contribution in [0.3, 0.4) is 0 Å². The topological polar surface area (TPSA) is 114 Å². The molecule has 3 heterocycles. The third-order valence-corrected chi connectivity index (χ3v) is 6.65. The van der Waals surface area contributed by atoms with Crippen molar-refractivity contribution in [1.29, 1.82) is 0 Å². The predicted octanol–water partition coefficient (Wildman–Crippen LogP) is 3.43. The molecule has 4 N–H and O–H groups in total. The first-order valence-corrected chi connectivity index (χ1v) is 10.6. The minimum Gasteiger partial charge on any atom is -0.478 e. The van der Waals surface area contributed by atoms with Gasteiger partial charge in [0.2, 0.25) is 0 Å². The first-order chi connectivity index (χ1) is 14.0. The number of carbonyl (C=O) groups is 1. The Labute approximate surface area is 172 Å². The fourth-order valence-corrected chi connectivity index (χ4v) is 4.82. The van der Waals surface area contributed by atoms with Crippen molar-refractivity contribution in [3.05, 3.63) is 40.8 Å². The van der Waals surface area contributed by atoms with Gasteiger partial charge in [-0.1, -0.05) is 11.3 Å². The lowest BCUT2D eigenvalue weighted by Gasteiger charge is -2.17. The molecule has 0 atom stereocenters. The number of aryl methyl sites for hydroxylation is 1. The third kappa shape index (κ3) is 3.22. The Morgan fingerprint density at radius 2 is 2.17 bits per heavy atom. The van der Waals surface area contributed by atoms with E-state index in [0.29, 0.717) is 30.2 Å². The van der Waals surface area contributed by atoms with Crippen molar-refractivity contribution in [2.75, 3.05) is 6.61 Å². The highest BCUT2D eigenvalue weighted by molar-refractivity contribution is 7.16. The van der Waals surface area contributed by atoms with Crippen molar-refractivity contribution in [2.45, 2.75) is 44.6 Å². The second-order valence-electron chi connectivity index (χ2n) is 7.83. The maximum atomic E-state index is 12.0. The van der Waals surface area contributed by atoms with Crippen LogP contribution in [0.5, 0.6) is 5.19 Å². The van der Waals surface area contributed by atoms with Gasteiger partial charge in [0.25, 0.3) is 5.19 Å². The van der Waals surface area contributed by atoms with E-state index in [1.165, 1.54) is 11.3 Å². The largest absolute Gasteiger partial charge is 0.478 e. The molecule has 7 nitrogen and oxygen atoms in total. The molecule has 0 bridgehead atoms. The Bertz CT molecular complexity index is 1110. The van der Waals surface area contributed by atoms with Crippen LogP contribution in [0.4, 0.5) is 0 Å². The van der Waals surface area contributed by atoms with E-state index in [0.717, 1.165) is 57.9 Å². The van der Waals surface area contributed by atoms with E-state index in [9.17, 15) is 9.90 Å². The van der Waals surface area contributed by atoms with Crippen LogP contribution < -0.4 is 10.5 Å². The normalized spacial score (nSPS) is 16.2. The van der Waals surface area contributed by atoms with Crippen LogP contribution in [0.1, 0.15) is 46.9 Å². The summed E-state index contributed by atoms with van der Waals surface area (Å²) in [6, 6.07) is 2.03. The van der Waals surface area contributed by atoms with Crippen molar-refractivity contribution >= 4 is 17.3 Å². The fourth-order valence-electron chi connectivity index (χ4n) is 4.03. The van der Waals surface area contributed by atoms with Crippen molar-refractivity contribution < 1.29 is 14.6 Å². The zero-order chi connectivity index (χ0) is 20.2. The summed E-state index contributed by atoms with van der Waals surface area (Å²) in [7, 11) is 0. The molecule has 0 spiro atoms. The number of fused-ring (bicyclic) bond motifs is 3. The van der Waals surface area contributed by atoms with Crippen LogP contribution in [0, 0.1) is 0 Å². The molecule has 2 aliphatic rings. The zero-order valence-corrected chi connectivity index (χ0v) is 16.9. The Hall–Kier alpha value is -2.71. The van der Waals surface area contributed by atoms with Crippen molar-refractivity contribution in [3.8, 4) is 27.0 Å². The molecule has 3 aromatic heterocycles. The van der Waals surface area contributed by atoms with Gasteiger partial charge in [0, 0.05) is 29.4 Å². The number of rotatable bonds is 6. The molecule has 0 unspecified atom stereocenters. The number of aromatic nitrogens is 3. The van der Waals surface area contributed by atoms with Gasteiger partial charge in [0.1, 0.15) is 0 Å². The fraction of sp³-hybridized carbons (Fsp3) is 0.381. The van der Waals surface area contributed by atoms with E-state index in [1.54, 1.807) is 6.20 Å². The minimum atomic E-state index is -0.886. The quantitative estimate of drug-likeness (QED) is 0.574. The van der Waals surface area contributed by atoms with Crippen LogP contribution in [-0.2, 0) is 19.3 Å². The lowest BCUT2D eigenvalue weighted by atomic mass is 9.88. The number of ether oxygens (including phenoxy) is 1. The number of pyridine rings is 1. The van der Waals surface area contributed by atoms with Gasteiger partial charge in [0.05, 0.1) is 34.6 Å². The summed E-state index contributed by atoms with van der Waals surface area (Å²) in [5.74, 6) is -0.886. The van der Waals surface area contributed by atoms with Crippen molar-refractivity contribution in [1.82, 2.24) is 15.0 Å². The number of carboxylic acid groups (broad SMARTS) is 1. The van der Waals surface area contributed by atoms with Gasteiger partial charge in [0.15, 0.2) is 0 Å². The molecule has 0 radical (unpaired) electrons. The molecule has 8 heteroatoms. The Morgan fingerprint density at radius 3 is 2.90 bits per heavy atom. The van der Waals surface area contributed by atoms with Gasteiger partial charge in [-0.3, -0.25) is 4.98 Å². The Kier molecular flexibility index (Phi) is 4.22. The molecule has 3 aromatic rings. The molecule has 29 heavy (non-hydrogen) atoms. The van der Waals surface area contributed by atoms with Gasteiger partial charge in [-0.25, -0.2) is 9.78 Å². The average Bonchev–Trinajstić information content (AvgIpc) is 3.10. The number of hydrogen-bond acceptors (Lipinski definition) is 6. The third-order valence-electron chi connectivity index (χ3n) is 5.72. The summed E-state index contributed by atoms with van der Waals surface area (Å²) in [4.78, 5) is 25.3. The maximum absolute atomic E-state index is 12.0. The number of thiazole rings is 1. The van der Waals surface area contributed by atoms with E-state index < -0.39 is 5.97 Å². The second-order valence-corrected chi connectivity index (χ2v) is 8.82. The Balaban J connectivity index is 1.58. The van der Waals surface area contributed by atoms with Crippen LogP contribution >= 0.6 is 11.3 Å². The molecule has 1 fully saturated rings. The molecule has 0 aromatic carbocycles. The minimum absolute atomic E-state index is 0.262. The van der Waals surface area contributed by atoms with E-state index in [-0.39, 0.29) is 5.54 Å². The average molecular weight is 410 g/mol. The summed E-state index contributed by atoms with van der Waals surface area (Å²) in [5.41, 5.74) is 11.9. The summed E-state index contributed by atoms with van der Waals surface area (Å²) < 4.78 is 5.47. The number of carboxylic acids is 1. The Morgan fingerprint density at radius 1 is 1.34 bits per heavy atom. The van der Waals surface area contributed by atoms with E-state index in [2.05, 4.69) is 15.0 Å². The standard InChI is InChI=1S/C21H22N4O3S/c1-2-28-20-24-10-16(29-20)14-7-13-11(9-23-14)3-4-12-17(19(26)27)15(25-18(12)13)8-21(22)5-6-21/h7,9-10,25H,2-6,8,22H2,1H3,(H,26,27). The summed E-state index contributed by atoms with van der Waals surface area (Å²) in [6.45, 7) is 2.50. The van der Waals surface area contributed by atoms with E-state index >= 15 is 0 Å². The molecule has 2 aliphatic carbocycles. The molecule has 1 saturated carbocycles. The van der Waals surface area contributed by atoms with Crippen LogP contribution in [0.2, 0.25) is 0 Å². The number of aromatic amines is 1. The molecular weight excluding hydrogens is 388 g/mol.